The van der Waals surface area contributed by atoms with E-state index in [-0.39, 0.29) is 5.92 Å². The van der Waals surface area contributed by atoms with Crippen molar-refractivity contribution < 1.29 is 4.79 Å². The first kappa shape index (κ1) is 13.5. The lowest BCUT2D eigenvalue weighted by Crippen LogP contribution is -2.42. The van der Waals surface area contributed by atoms with Crippen molar-refractivity contribution in [3.8, 4) is 0 Å². The van der Waals surface area contributed by atoms with E-state index in [1.54, 1.807) is 0 Å². The van der Waals surface area contributed by atoms with Crippen LogP contribution in [0.1, 0.15) is 53.9 Å². The largest absolute Gasteiger partial charge is 0.342 e. The summed E-state index contributed by atoms with van der Waals surface area (Å²) in [6.45, 7) is 12.8. The lowest BCUT2D eigenvalue weighted by molar-refractivity contribution is -0.136. The van der Waals surface area contributed by atoms with Gasteiger partial charge in [0.25, 0.3) is 0 Å². The number of carbonyl (C=O) groups is 1. The smallest absolute Gasteiger partial charge is 0.225 e. The van der Waals surface area contributed by atoms with Crippen LogP contribution in [-0.2, 0) is 4.79 Å². The summed E-state index contributed by atoms with van der Waals surface area (Å²) < 4.78 is 0. The molecule has 1 amide bonds. The predicted octanol–water partition coefficient (Wildman–Crippen LogP) is 3.32. The van der Waals surface area contributed by atoms with E-state index in [1.165, 1.54) is 19.3 Å². The van der Waals surface area contributed by atoms with Gasteiger partial charge in [0.05, 0.1) is 0 Å². The van der Waals surface area contributed by atoms with Crippen molar-refractivity contribution in [2.24, 2.45) is 17.3 Å². The summed E-state index contributed by atoms with van der Waals surface area (Å²) >= 11 is 0. The zero-order valence-corrected chi connectivity index (χ0v) is 11.5. The molecule has 0 radical (unpaired) electrons. The summed E-state index contributed by atoms with van der Waals surface area (Å²) in [6, 6.07) is 0. The highest BCUT2D eigenvalue weighted by molar-refractivity contribution is 5.78. The SMILES string of the molecule is CC(C)C(=O)N1CCCC(CC(C)(C)C)C1. The van der Waals surface area contributed by atoms with Crippen molar-refractivity contribution >= 4 is 5.91 Å². The third kappa shape index (κ3) is 4.15. The number of rotatable bonds is 2. The van der Waals surface area contributed by atoms with Crippen LogP contribution in [0.4, 0.5) is 0 Å². The van der Waals surface area contributed by atoms with Gasteiger partial charge in [-0.1, -0.05) is 34.6 Å². The number of piperidine rings is 1. The van der Waals surface area contributed by atoms with Crippen LogP contribution >= 0.6 is 0 Å². The lowest BCUT2D eigenvalue weighted by atomic mass is 9.81. The summed E-state index contributed by atoms with van der Waals surface area (Å²) in [5, 5.41) is 0. The first-order valence-electron chi connectivity index (χ1n) is 6.58. The van der Waals surface area contributed by atoms with Gasteiger partial charge in [0.15, 0.2) is 0 Å². The van der Waals surface area contributed by atoms with E-state index in [9.17, 15) is 4.79 Å². The quantitative estimate of drug-likeness (QED) is 0.706. The van der Waals surface area contributed by atoms with E-state index in [2.05, 4.69) is 25.7 Å². The van der Waals surface area contributed by atoms with E-state index in [4.69, 9.17) is 0 Å². The standard InChI is InChI=1S/C14H27NO/c1-11(2)13(16)15-8-6-7-12(10-15)9-14(3,4)5/h11-12H,6-10H2,1-5H3. The molecule has 2 nitrogen and oxygen atoms in total. The van der Waals surface area contributed by atoms with Crippen molar-refractivity contribution in [3.63, 3.8) is 0 Å². The molecule has 1 heterocycles. The molecular weight excluding hydrogens is 198 g/mol. The van der Waals surface area contributed by atoms with Crippen molar-refractivity contribution in [1.29, 1.82) is 0 Å². The number of amides is 1. The van der Waals surface area contributed by atoms with Gasteiger partial charge in [-0.05, 0) is 30.6 Å². The summed E-state index contributed by atoms with van der Waals surface area (Å²) in [4.78, 5) is 14.0. The molecule has 1 saturated heterocycles. The second-order valence-electron chi connectivity index (χ2n) is 6.71. The minimum atomic E-state index is 0.147. The number of likely N-dealkylation sites (tertiary alicyclic amines) is 1. The van der Waals surface area contributed by atoms with Crippen molar-refractivity contribution in [2.45, 2.75) is 53.9 Å². The van der Waals surface area contributed by atoms with E-state index < -0.39 is 0 Å². The van der Waals surface area contributed by atoms with Crippen LogP contribution < -0.4 is 0 Å². The molecule has 0 aliphatic carbocycles. The molecule has 1 rings (SSSR count). The molecule has 16 heavy (non-hydrogen) atoms. The van der Waals surface area contributed by atoms with Crippen LogP contribution in [0.5, 0.6) is 0 Å². The van der Waals surface area contributed by atoms with Crippen LogP contribution in [-0.4, -0.2) is 23.9 Å². The minimum Gasteiger partial charge on any atom is -0.342 e. The van der Waals surface area contributed by atoms with Gasteiger partial charge in [-0.2, -0.15) is 0 Å². The molecule has 1 atom stereocenters. The average molecular weight is 225 g/mol. The number of hydrogen-bond acceptors (Lipinski definition) is 1. The summed E-state index contributed by atoms with van der Waals surface area (Å²) in [6.07, 6.45) is 3.70. The van der Waals surface area contributed by atoms with Crippen LogP contribution in [0.25, 0.3) is 0 Å². The molecule has 1 fully saturated rings. The first-order chi connectivity index (χ1) is 7.29. The van der Waals surface area contributed by atoms with Gasteiger partial charge < -0.3 is 4.90 Å². The van der Waals surface area contributed by atoms with E-state index in [0.717, 1.165) is 13.1 Å². The molecule has 0 aromatic carbocycles. The Morgan fingerprint density at radius 1 is 1.38 bits per heavy atom. The molecule has 2 heteroatoms. The number of nitrogens with zero attached hydrogens (tertiary/aromatic N) is 1. The minimum absolute atomic E-state index is 0.147. The second-order valence-corrected chi connectivity index (χ2v) is 6.71. The fourth-order valence-electron chi connectivity index (χ4n) is 2.66. The maximum atomic E-state index is 11.9. The van der Waals surface area contributed by atoms with Crippen LogP contribution in [0.15, 0.2) is 0 Å². The van der Waals surface area contributed by atoms with E-state index in [0.29, 0.717) is 17.2 Å². The van der Waals surface area contributed by atoms with Crippen molar-refractivity contribution in [1.82, 2.24) is 4.90 Å². The molecule has 0 aromatic heterocycles. The Bertz CT molecular complexity index is 240. The molecule has 0 N–H and O–H groups in total. The summed E-state index contributed by atoms with van der Waals surface area (Å²) in [5.41, 5.74) is 0.383. The highest BCUT2D eigenvalue weighted by Crippen LogP contribution is 2.30. The Balaban J connectivity index is 2.50. The van der Waals surface area contributed by atoms with Gasteiger partial charge in [0.1, 0.15) is 0 Å². The Labute approximate surface area is 100 Å². The summed E-state index contributed by atoms with van der Waals surface area (Å²) in [5.74, 6) is 1.18. The highest BCUT2D eigenvalue weighted by Gasteiger charge is 2.27. The van der Waals surface area contributed by atoms with Gasteiger partial charge in [-0.25, -0.2) is 0 Å². The van der Waals surface area contributed by atoms with Crippen molar-refractivity contribution in [2.75, 3.05) is 13.1 Å². The van der Waals surface area contributed by atoms with Crippen LogP contribution in [0.2, 0.25) is 0 Å². The highest BCUT2D eigenvalue weighted by atomic mass is 16.2. The molecule has 0 spiro atoms. The maximum absolute atomic E-state index is 11.9. The second kappa shape index (κ2) is 5.20. The maximum Gasteiger partial charge on any atom is 0.225 e. The fraction of sp³-hybridized carbons (Fsp3) is 0.929. The summed E-state index contributed by atoms with van der Waals surface area (Å²) in [7, 11) is 0. The monoisotopic (exact) mass is 225 g/mol. The lowest BCUT2D eigenvalue weighted by Gasteiger charge is -2.36. The van der Waals surface area contributed by atoms with Crippen LogP contribution in [0.3, 0.4) is 0 Å². The van der Waals surface area contributed by atoms with Crippen molar-refractivity contribution in [3.05, 3.63) is 0 Å². The fourth-order valence-corrected chi connectivity index (χ4v) is 2.66. The third-order valence-electron chi connectivity index (χ3n) is 3.23. The molecule has 0 aromatic rings. The molecule has 1 unspecified atom stereocenters. The normalized spacial score (nSPS) is 22.6. The third-order valence-corrected chi connectivity index (χ3v) is 3.23. The van der Waals surface area contributed by atoms with Crippen LogP contribution in [0, 0.1) is 17.3 Å². The number of hydrogen-bond donors (Lipinski definition) is 0. The molecule has 1 aliphatic heterocycles. The van der Waals surface area contributed by atoms with Gasteiger partial charge in [0.2, 0.25) is 5.91 Å². The Morgan fingerprint density at radius 2 is 2.00 bits per heavy atom. The van der Waals surface area contributed by atoms with Gasteiger partial charge in [-0.3, -0.25) is 4.79 Å². The zero-order valence-electron chi connectivity index (χ0n) is 11.5. The van der Waals surface area contributed by atoms with Gasteiger partial charge in [-0.15, -0.1) is 0 Å². The Kier molecular flexibility index (Phi) is 4.40. The van der Waals surface area contributed by atoms with Gasteiger partial charge >= 0.3 is 0 Å². The molecule has 0 bridgehead atoms. The Morgan fingerprint density at radius 3 is 2.50 bits per heavy atom. The first-order valence-corrected chi connectivity index (χ1v) is 6.58. The predicted molar refractivity (Wildman–Crippen MR) is 68.2 cm³/mol. The Hall–Kier alpha value is -0.530. The average Bonchev–Trinajstić information content (AvgIpc) is 2.14. The zero-order chi connectivity index (χ0) is 12.3. The molecule has 1 aliphatic rings. The number of carbonyl (C=O) groups excluding carboxylic acids is 1. The van der Waals surface area contributed by atoms with Gasteiger partial charge in [0, 0.05) is 19.0 Å². The van der Waals surface area contributed by atoms with E-state index >= 15 is 0 Å². The topological polar surface area (TPSA) is 20.3 Å². The molecule has 94 valence electrons. The molecular formula is C14H27NO. The molecule has 0 saturated carbocycles. The van der Waals surface area contributed by atoms with E-state index in [1.807, 2.05) is 13.8 Å².